The average molecular weight is 379 g/mol. The van der Waals surface area contributed by atoms with Gasteiger partial charge in [-0.15, -0.1) is 0 Å². The van der Waals surface area contributed by atoms with E-state index in [2.05, 4.69) is 57.4 Å². The number of piperidine rings is 1. The second-order valence-electron chi connectivity index (χ2n) is 6.99. The van der Waals surface area contributed by atoms with E-state index >= 15 is 0 Å². The van der Waals surface area contributed by atoms with Crippen molar-refractivity contribution < 1.29 is 0 Å². The van der Waals surface area contributed by atoms with Crippen LogP contribution in [-0.4, -0.2) is 29.1 Å². The zero-order valence-electron chi connectivity index (χ0n) is 15.4. The molecular formula is C22H23ClN4. The highest BCUT2D eigenvalue weighted by Gasteiger charge is 2.21. The Bertz CT molecular complexity index is 888. The number of aryl methyl sites for hydroxylation is 1. The third-order valence-corrected chi connectivity index (χ3v) is 5.35. The fourth-order valence-electron chi connectivity index (χ4n) is 3.55. The maximum atomic E-state index is 5.99. The number of hydrogen-bond acceptors (Lipinski definition) is 4. The highest BCUT2D eigenvalue weighted by atomic mass is 35.5. The molecule has 1 N–H and O–H groups in total. The summed E-state index contributed by atoms with van der Waals surface area (Å²) in [5.41, 5.74) is 4.87. The molecule has 0 bridgehead atoms. The second-order valence-corrected chi connectivity index (χ2v) is 7.43. The fraction of sp³-hybridized carbons (Fsp3) is 0.273. The number of nitrogens with one attached hydrogen (secondary N) is 1. The molecule has 1 aliphatic rings. The van der Waals surface area contributed by atoms with Crippen molar-refractivity contribution in [3.05, 3.63) is 71.5 Å². The lowest BCUT2D eigenvalue weighted by Gasteiger charge is -2.33. The van der Waals surface area contributed by atoms with E-state index in [1.54, 1.807) is 12.4 Å². The van der Waals surface area contributed by atoms with Crippen molar-refractivity contribution in [1.29, 1.82) is 0 Å². The first kappa shape index (κ1) is 17.8. The van der Waals surface area contributed by atoms with Crippen LogP contribution in [0.25, 0.3) is 11.1 Å². The van der Waals surface area contributed by atoms with Crippen LogP contribution >= 0.6 is 11.6 Å². The topological polar surface area (TPSA) is 41.0 Å². The van der Waals surface area contributed by atoms with E-state index in [4.69, 9.17) is 11.6 Å². The van der Waals surface area contributed by atoms with Crippen molar-refractivity contribution in [1.82, 2.24) is 9.97 Å². The van der Waals surface area contributed by atoms with Gasteiger partial charge in [-0.2, -0.15) is 0 Å². The zero-order chi connectivity index (χ0) is 18.6. The van der Waals surface area contributed by atoms with Crippen LogP contribution in [0.2, 0.25) is 5.02 Å². The number of hydrogen-bond donors (Lipinski definition) is 1. The fourth-order valence-corrected chi connectivity index (χ4v) is 3.67. The van der Waals surface area contributed by atoms with E-state index < -0.39 is 0 Å². The minimum absolute atomic E-state index is 0.477. The second kappa shape index (κ2) is 7.97. The lowest BCUT2D eigenvalue weighted by Crippen LogP contribution is -2.40. The maximum Gasteiger partial charge on any atom is 0.225 e. The van der Waals surface area contributed by atoms with Crippen LogP contribution < -0.4 is 10.2 Å². The van der Waals surface area contributed by atoms with Gasteiger partial charge in [0.25, 0.3) is 0 Å². The van der Waals surface area contributed by atoms with Gasteiger partial charge in [-0.3, -0.25) is 0 Å². The normalized spacial score (nSPS) is 15.0. The van der Waals surface area contributed by atoms with E-state index in [-0.39, 0.29) is 0 Å². The molecule has 4 nitrogen and oxygen atoms in total. The molecule has 1 saturated heterocycles. The predicted octanol–water partition coefficient (Wildman–Crippen LogP) is 5.19. The summed E-state index contributed by atoms with van der Waals surface area (Å²) < 4.78 is 0. The predicted molar refractivity (Wildman–Crippen MR) is 113 cm³/mol. The summed E-state index contributed by atoms with van der Waals surface area (Å²) in [5, 5.41) is 4.49. The lowest BCUT2D eigenvalue weighted by atomic mass is 10.0. The number of anilines is 2. The Morgan fingerprint density at radius 3 is 2.30 bits per heavy atom. The van der Waals surface area contributed by atoms with Crippen molar-refractivity contribution in [3.63, 3.8) is 0 Å². The molecule has 3 aromatic rings. The van der Waals surface area contributed by atoms with Crippen molar-refractivity contribution >= 4 is 23.2 Å². The molecule has 1 fully saturated rings. The summed E-state index contributed by atoms with van der Waals surface area (Å²) in [7, 11) is 0. The average Bonchev–Trinajstić information content (AvgIpc) is 2.71. The highest BCUT2D eigenvalue weighted by molar-refractivity contribution is 6.30. The lowest BCUT2D eigenvalue weighted by molar-refractivity contribution is 0.520. The van der Waals surface area contributed by atoms with E-state index in [1.165, 1.54) is 22.4 Å². The van der Waals surface area contributed by atoms with Gasteiger partial charge in [0.1, 0.15) is 0 Å². The summed E-state index contributed by atoms with van der Waals surface area (Å²) in [6.07, 6.45) is 5.77. The summed E-state index contributed by atoms with van der Waals surface area (Å²) in [6.45, 7) is 4.11. The molecule has 0 saturated carbocycles. The van der Waals surface area contributed by atoms with Gasteiger partial charge in [-0.1, -0.05) is 29.8 Å². The minimum atomic E-state index is 0.477. The number of benzene rings is 2. The van der Waals surface area contributed by atoms with Crippen molar-refractivity contribution in [2.45, 2.75) is 25.8 Å². The Kier molecular flexibility index (Phi) is 5.26. The molecule has 0 radical (unpaired) electrons. The molecule has 0 amide bonds. The smallest absolute Gasteiger partial charge is 0.225 e. The molecule has 4 rings (SSSR count). The quantitative estimate of drug-likeness (QED) is 0.678. The number of halogens is 1. The first-order valence-corrected chi connectivity index (χ1v) is 9.72. The molecule has 0 aliphatic carbocycles. The molecule has 0 unspecified atom stereocenters. The maximum absolute atomic E-state index is 5.99. The van der Waals surface area contributed by atoms with Gasteiger partial charge in [-0.25, -0.2) is 9.97 Å². The van der Waals surface area contributed by atoms with Crippen LogP contribution in [0.15, 0.2) is 60.9 Å². The van der Waals surface area contributed by atoms with E-state index in [0.29, 0.717) is 6.04 Å². The molecule has 2 aromatic carbocycles. The van der Waals surface area contributed by atoms with E-state index in [1.807, 2.05) is 18.2 Å². The third kappa shape index (κ3) is 4.22. The summed E-state index contributed by atoms with van der Waals surface area (Å²) >= 11 is 5.99. The standard InChI is InChI=1S/C22H23ClN4/c1-16-15-18(17-3-6-19(23)7-4-17)5-8-21(16)26-20-9-13-27(14-10-20)22-24-11-2-12-25-22/h2-8,11-12,15,20,26H,9-10,13-14H2,1H3. The number of nitrogens with zero attached hydrogens (tertiary/aromatic N) is 3. The molecule has 27 heavy (non-hydrogen) atoms. The molecule has 138 valence electrons. The first-order valence-electron chi connectivity index (χ1n) is 9.34. The zero-order valence-corrected chi connectivity index (χ0v) is 16.2. The SMILES string of the molecule is Cc1cc(-c2ccc(Cl)cc2)ccc1NC1CCN(c2ncccn2)CC1. The molecular weight excluding hydrogens is 356 g/mol. The summed E-state index contributed by atoms with van der Waals surface area (Å²) in [4.78, 5) is 11.0. The van der Waals surface area contributed by atoms with Gasteiger partial charge in [0.05, 0.1) is 0 Å². The van der Waals surface area contributed by atoms with Gasteiger partial charge in [0.2, 0.25) is 5.95 Å². The van der Waals surface area contributed by atoms with E-state index in [0.717, 1.165) is 36.9 Å². The largest absolute Gasteiger partial charge is 0.382 e. The van der Waals surface area contributed by atoms with Gasteiger partial charge in [0.15, 0.2) is 0 Å². The highest BCUT2D eigenvalue weighted by Crippen LogP contribution is 2.27. The molecule has 2 heterocycles. The molecule has 0 spiro atoms. The van der Waals surface area contributed by atoms with Gasteiger partial charge >= 0.3 is 0 Å². The first-order chi connectivity index (χ1) is 13.2. The van der Waals surface area contributed by atoms with Gasteiger partial charge in [-0.05, 0) is 66.8 Å². The molecule has 5 heteroatoms. The summed E-state index contributed by atoms with van der Waals surface area (Å²) in [5.74, 6) is 0.833. The van der Waals surface area contributed by atoms with Gasteiger partial charge in [0, 0.05) is 42.2 Å². The Hall–Kier alpha value is -2.59. The van der Waals surface area contributed by atoms with Crippen LogP contribution in [0.5, 0.6) is 0 Å². The molecule has 1 aromatic heterocycles. The van der Waals surface area contributed by atoms with E-state index in [9.17, 15) is 0 Å². The van der Waals surface area contributed by atoms with Crippen molar-refractivity contribution in [2.24, 2.45) is 0 Å². The van der Waals surface area contributed by atoms with Crippen LogP contribution in [0.4, 0.5) is 11.6 Å². The minimum Gasteiger partial charge on any atom is -0.382 e. The summed E-state index contributed by atoms with van der Waals surface area (Å²) in [6, 6.07) is 16.9. The number of rotatable bonds is 4. The Labute approximate surface area is 165 Å². The third-order valence-electron chi connectivity index (χ3n) is 5.09. The Morgan fingerprint density at radius 1 is 0.963 bits per heavy atom. The Balaban J connectivity index is 1.39. The van der Waals surface area contributed by atoms with Crippen LogP contribution in [0.1, 0.15) is 18.4 Å². The van der Waals surface area contributed by atoms with Crippen molar-refractivity contribution in [2.75, 3.05) is 23.3 Å². The van der Waals surface area contributed by atoms with Gasteiger partial charge < -0.3 is 10.2 Å². The van der Waals surface area contributed by atoms with Crippen molar-refractivity contribution in [3.8, 4) is 11.1 Å². The van der Waals surface area contributed by atoms with Crippen LogP contribution in [0.3, 0.4) is 0 Å². The monoisotopic (exact) mass is 378 g/mol. The molecule has 1 aliphatic heterocycles. The Morgan fingerprint density at radius 2 is 1.63 bits per heavy atom. The molecule has 0 atom stereocenters. The number of aromatic nitrogens is 2. The van der Waals surface area contributed by atoms with Crippen LogP contribution in [-0.2, 0) is 0 Å². The van der Waals surface area contributed by atoms with Crippen LogP contribution in [0, 0.1) is 6.92 Å².